The smallest absolute Gasteiger partial charge is 0.310 e. The number of hydrogen-bond donors (Lipinski definition) is 0. The van der Waals surface area contributed by atoms with Crippen molar-refractivity contribution in [3.63, 3.8) is 0 Å². The molecule has 0 aliphatic heterocycles. The van der Waals surface area contributed by atoms with Gasteiger partial charge in [0.1, 0.15) is 6.10 Å². The quantitative estimate of drug-likeness (QED) is 0.520. The maximum atomic E-state index is 12.6. The Balaban J connectivity index is 2.04. The molecule has 132 valence electrons. The van der Waals surface area contributed by atoms with Crippen LogP contribution in [0.1, 0.15) is 60.8 Å². The van der Waals surface area contributed by atoms with Crippen LogP contribution in [-0.4, -0.2) is 17.9 Å². The van der Waals surface area contributed by atoms with E-state index in [1.807, 2.05) is 13.0 Å². The molecule has 0 heterocycles. The summed E-state index contributed by atoms with van der Waals surface area (Å²) >= 11 is 0. The van der Waals surface area contributed by atoms with Crippen LogP contribution in [0.5, 0.6) is 0 Å². The summed E-state index contributed by atoms with van der Waals surface area (Å²) in [7, 11) is 0. The lowest BCUT2D eigenvalue weighted by molar-refractivity contribution is -0.150. The van der Waals surface area contributed by atoms with Crippen molar-refractivity contribution >= 4 is 11.8 Å². The van der Waals surface area contributed by atoms with Gasteiger partial charge in [0.05, 0.1) is 12.3 Å². The molecule has 24 heavy (non-hydrogen) atoms. The molecule has 0 aromatic carbocycles. The van der Waals surface area contributed by atoms with Crippen LogP contribution in [0.25, 0.3) is 0 Å². The van der Waals surface area contributed by atoms with E-state index in [-0.39, 0.29) is 35.1 Å². The van der Waals surface area contributed by atoms with Crippen molar-refractivity contribution in [2.24, 2.45) is 17.3 Å². The van der Waals surface area contributed by atoms with Crippen molar-refractivity contribution < 1.29 is 14.3 Å². The second kappa shape index (κ2) is 7.08. The molecule has 0 saturated heterocycles. The van der Waals surface area contributed by atoms with Gasteiger partial charge in [-0.05, 0) is 50.5 Å². The molecule has 0 amide bonds. The second-order valence-electron chi connectivity index (χ2n) is 7.87. The first-order valence-corrected chi connectivity index (χ1v) is 8.93. The normalized spacial score (nSPS) is 28.4. The predicted molar refractivity (Wildman–Crippen MR) is 96.4 cm³/mol. The molecule has 0 bridgehead atoms. The van der Waals surface area contributed by atoms with E-state index in [4.69, 9.17) is 4.74 Å². The van der Waals surface area contributed by atoms with Crippen LogP contribution in [0.3, 0.4) is 0 Å². The van der Waals surface area contributed by atoms with Crippen molar-refractivity contribution in [1.82, 2.24) is 0 Å². The van der Waals surface area contributed by atoms with Gasteiger partial charge in [0, 0.05) is 5.57 Å². The minimum Gasteiger partial charge on any atom is -0.457 e. The van der Waals surface area contributed by atoms with Gasteiger partial charge in [0.15, 0.2) is 5.78 Å². The topological polar surface area (TPSA) is 43.4 Å². The van der Waals surface area contributed by atoms with Gasteiger partial charge >= 0.3 is 5.97 Å². The highest BCUT2D eigenvalue weighted by atomic mass is 16.5. The van der Waals surface area contributed by atoms with Crippen LogP contribution in [0.4, 0.5) is 0 Å². The standard InChI is InChI=1S/C21H30O3/c1-7-8-9-10-15-14(4)18(12-17(15)22)24-20(23)19-16(11-13(2)3)21(19,5)6/h8-9,11,16,18-19H,7,10,12H2,1-6H3/b9-8-/t16-,18+,19-/m1/s1. The highest BCUT2D eigenvalue weighted by Gasteiger charge is 2.61. The minimum absolute atomic E-state index is 0.0543. The monoisotopic (exact) mass is 330 g/mol. The Labute approximate surface area is 145 Å². The van der Waals surface area contributed by atoms with Crippen molar-refractivity contribution in [3.8, 4) is 0 Å². The van der Waals surface area contributed by atoms with E-state index in [1.165, 1.54) is 5.57 Å². The molecule has 3 nitrogen and oxygen atoms in total. The van der Waals surface area contributed by atoms with Gasteiger partial charge in [-0.2, -0.15) is 0 Å². The van der Waals surface area contributed by atoms with Crippen LogP contribution in [0, 0.1) is 17.3 Å². The maximum Gasteiger partial charge on any atom is 0.310 e. The van der Waals surface area contributed by atoms with Gasteiger partial charge in [-0.15, -0.1) is 0 Å². The van der Waals surface area contributed by atoms with Gasteiger partial charge in [-0.1, -0.05) is 44.6 Å². The third-order valence-corrected chi connectivity index (χ3v) is 5.33. The summed E-state index contributed by atoms with van der Waals surface area (Å²) in [4.78, 5) is 24.8. The summed E-state index contributed by atoms with van der Waals surface area (Å²) in [5.74, 6) is 0.0923. The van der Waals surface area contributed by atoms with E-state index < -0.39 is 0 Å². The number of ether oxygens (including phenoxy) is 1. The number of hydrogen-bond acceptors (Lipinski definition) is 3. The Hall–Kier alpha value is -1.64. The first kappa shape index (κ1) is 18.7. The van der Waals surface area contributed by atoms with E-state index >= 15 is 0 Å². The highest BCUT2D eigenvalue weighted by Crippen LogP contribution is 2.60. The fourth-order valence-corrected chi connectivity index (χ4v) is 3.64. The van der Waals surface area contributed by atoms with Crippen LogP contribution in [0.2, 0.25) is 0 Å². The molecule has 0 aromatic heterocycles. The van der Waals surface area contributed by atoms with Gasteiger partial charge < -0.3 is 4.74 Å². The molecule has 3 heteroatoms. The molecule has 0 unspecified atom stereocenters. The minimum atomic E-state index is -0.376. The zero-order valence-corrected chi connectivity index (χ0v) is 15.8. The van der Waals surface area contributed by atoms with E-state index in [0.29, 0.717) is 12.8 Å². The second-order valence-corrected chi connectivity index (χ2v) is 7.87. The summed E-state index contributed by atoms with van der Waals surface area (Å²) in [5, 5.41) is 0. The SMILES string of the molecule is CC/C=C\CC1=C(C)[C@@H](OC(=O)[C@H]2[C@@H](C=C(C)C)C2(C)C)CC1=O. The zero-order valence-electron chi connectivity index (χ0n) is 15.8. The average molecular weight is 330 g/mol. The molecule has 1 saturated carbocycles. The van der Waals surface area contributed by atoms with Crippen molar-refractivity contribution in [1.29, 1.82) is 0 Å². The maximum absolute atomic E-state index is 12.6. The van der Waals surface area contributed by atoms with Crippen molar-refractivity contribution in [2.45, 2.75) is 66.9 Å². The summed E-state index contributed by atoms with van der Waals surface area (Å²) < 4.78 is 5.73. The fourth-order valence-electron chi connectivity index (χ4n) is 3.64. The predicted octanol–water partition coefficient (Wildman–Crippen LogP) is 4.78. The van der Waals surface area contributed by atoms with Crippen molar-refractivity contribution in [3.05, 3.63) is 34.9 Å². The Bertz CT molecular complexity index is 615. The Morgan fingerprint density at radius 1 is 1.29 bits per heavy atom. The Kier molecular flexibility index (Phi) is 5.52. The van der Waals surface area contributed by atoms with Gasteiger partial charge in [0.25, 0.3) is 0 Å². The van der Waals surface area contributed by atoms with Gasteiger partial charge in [0.2, 0.25) is 0 Å². The number of Topliss-reactive ketones (excluding diaryl/α,β-unsaturated/α-hetero) is 1. The Morgan fingerprint density at radius 2 is 1.96 bits per heavy atom. The first-order chi connectivity index (χ1) is 11.2. The highest BCUT2D eigenvalue weighted by molar-refractivity contribution is 6.00. The van der Waals surface area contributed by atoms with Gasteiger partial charge in [-0.3, -0.25) is 9.59 Å². The molecular weight excluding hydrogens is 300 g/mol. The third-order valence-electron chi connectivity index (χ3n) is 5.33. The molecule has 0 aromatic rings. The average Bonchev–Trinajstić information content (AvgIpc) is 2.90. The largest absolute Gasteiger partial charge is 0.457 e. The Morgan fingerprint density at radius 3 is 2.54 bits per heavy atom. The number of allylic oxidation sites excluding steroid dienone is 5. The summed E-state index contributed by atoms with van der Waals surface area (Å²) in [5.41, 5.74) is 2.90. The number of carbonyl (C=O) groups excluding carboxylic acids is 2. The third kappa shape index (κ3) is 3.71. The molecule has 1 fully saturated rings. The van der Waals surface area contributed by atoms with Crippen LogP contribution >= 0.6 is 0 Å². The summed E-state index contributed by atoms with van der Waals surface area (Å²) in [6.07, 6.45) is 7.77. The van der Waals surface area contributed by atoms with Crippen LogP contribution < -0.4 is 0 Å². The van der Waals surface area contributed by atoms with Gasteiger partial charge in [-0.25, -0.2) is 0 Å². The molecule has 0 spiro atoms. The lowest BCUT2D eigenvalue weighted by Crippen LogP contribution is -2.20. The molecule has 0 N–H and O–H groups in total. The van der Waals surface area contributed by atoms with E-state index in [0.717, 1.165) is 17.6 Å². The van der Waals surface area contributed by atoms with E-state index in [2.05, 4.69) is 46.8 Å². The number of esters is 1. The van der Waals surface area contributed by atoms with E-state index in [9.17, 15) is 9.59 Å². The number of carbonyl (C=O) groups is 2. The molecule has 2 aliphatic carbocycles. The lowest BCUT2D eigenvalue weighted by Gasteiger charge is -2.13. The number of ketones is 1. The fraction of sp³-hybridized carbons (Fsp3) is 0.619. The van der Waals surface area contributed by atoms with Crippen LogP contribution in [0.15, 0.2) is 34.9 Å². The van der Waals surface area contributed by atoms with Crippen molar-refractivity contribution in [2.75, 3.05) is 0 Å². The van der Waals surface area contributed by atoms with Crippen LogP contribution in [-0.2, 0) is 14.3 Å². The number of rotatable bonds is 6. The molecule has 0 radical (unpaired) electrons. The summed E-state index contributed by atoms with van der Waals surface area (Å²) in [6, 6.07) is 0. The first-order valence-electron chi connectivity index (χ1n) is 8.93. The summed E-state index contributed by atoms with van der Waals surface area (Å²) in [6.45, 7) is 12.3. The zero-order chi connectivity index (χ0) is 18.1. The lowest BCUT2D eigenvalue weighted by atomic mass is 10.1. The molecule has 2 aliphatic rings. The molecular formula is C21H30O3. The molecule has 2 rings (SSSR count). The molecule has 3 atom stereocenters. The van der Waals surface area contributed by atoms with E-state index in [1.54, 1.807) is 0 Å².